The summed E-state index contributed by atoms with van der Waals surface area (Å²) >= 11 is 0. The van der Waals surface area contributed by atoms with E-state index in [0.717, 1.165) is 0 Å². The normalized spacial score (nSPS) is 11.5. The number of aromatic nitrogens is 2. The Labute approximate surface area is 199 Å². The fraction of sp³-hybridized carbons (Fsp3) is 0.458. The van der Waals surface area contributed by atoms with E-state index in [-0.39, 0.29) is 52.8 Å². The van der Waals surface area contributed by atoms with Crippen molar-refractivity contribution >= 4 is 29.9 Å². The maximum atomic E-state index is 12.7. The Morgan fingerprint density at radius 1 is 1.00 bits per heavy atom. The van der Waals surface area contributed by atoms with Gasteiger partial charge in [-0.25, -0.2) is 4.98 Å². The Bertz CT molecular complexity index is 1100. The number of methoxy groups -OCH3 is 2. The van der Waals surface area contributed by atoms with Crippen molar-refractivity contribution in [2.75, 3.05) is 24.9 Å². The first-order valence-corrected chi connectivity index (χ1v) is 10.6. The maximum absolute atomic E-state index is 12.7. The number of phenols is 1. The van der Waals surface area contributed by atoms with Crippen LogP contribution in [-0.4, -0.2) is 47.4 Å². The molecule has 2 aromatic rings. The van der Waals surface area contributed by atoms with Crippen LogP contribution in [0.4, 0.5) is 11.8 Å². The summed E-state index contributed by atoms with van der Waals surface area (Å²) in [6.45, 7) is 10.5. The lowest BCUT2D eigenvalue weighted by Gasteiger charge is -2.21. The van der Waals surface area contributed by atoms with Gasteiger partial charge in [-0.3, -0.25) is 19.7 Å². The predicted octanol–water partition coefficient (Wildman–Crippen LogP) is 3.57. The second kappa shape index (κ2) is 10.1. The Morgan fingerprint density at radius 3 is 2.09 bits per heavy atom. The molecule has 0 fully saturated rings. The van der Waals surface area contributed by atoms with Gasteiger partial charge in [-0.1, -0.05) is 41.5 Å². The van der Waals surface area contributed by atoms with Crippen LogP contribution in [0.1, 0.15) is 63.0 Å². The van der Waals surface area contributed by atoms with Crippen LogP contribution < -0.4 is 20.1 Å². The van der Waals surface area contributed by atoms with Gasteiger partial charge in [0.1, 0.15) is 5.82 Å². The summed E-state index contributed by atoms with van der Waals surface area (Å²) in [5, 5.41) is 15.9. The number of ether oxygens (including phenoxy) is 2. The lowest BCUT2D eigenvalue weighted by molar-refractivity contribution is -0.123. The SMILES string of the molecule is COc1cc(Cc2cnc(NC(=O)C(C)(C)C)nc2NC(=O)C(C)(C)C)c(C=O)c(O)c1OC. The Morgan fingerprint density at radius 2 is 1.59 bits per heavy atom. The number of hydrogen-bond acceptors (Lipinski definition) is 8. The molecule has 1 heterocycles. The van der Waals surface area contributed by atoms with Gasteiger partial charge in [0.2, 0.25) is 23.5 Å². The van der Waals surface area contributed by atoms with Crippen molar-refractivity contribution < 1.29 is 29.0 Å². The molecule has 0 unspecified atom stereocenters. The van der Waals surface area contributed by atoms with Crippen molar-refractivity contribution in [2.45, 2.75) is 48.0 Å². The number of benzene rings is 1. The van der Waals surface area contributed by atoms with E-state index in [1.807, 2.05) is 0 Å². The Balaban J connectivity index is 2.58. The Kier molecular flexibility index (Phi) is 7.86. The van der Waals surface area contributed by atoms with E-state index in [1.165, 1.54) is 20.4 Å². The number of carbonyl (C=O) groups is 3. The minimum atomic E-state index is -0.716. The molecule has 0 aliphatic rings. The van der Waals surface area contributed by atoms with E-state index < -0.39 is 10.8 Å². The van der Waals surface area contributed by atoms with Gasteiger partial charge in [0, 0.05) is 29.0 Å². The number of aromatic hydroxyl groups is 1. The standard InChI is InChI=1S/C24H32N4O6/c1-23(2,3)20(31)26-19-14(11-25-22(27-19)28-21(32)24(4,5)6)9-13-10-16(33-7)18(34-8)17(30)15(13)12-29/h10-12,30H,9H2,1-8H3,(H2,25,26,27,28,31,32). The van der Waals surface area contributed by atoms with Crippen LogP contribution in [0.3, 0.4) is 0 Å². The number of anilines is 2. The molecule has 0 aliphatic carbocycles. The maximum Gasteiger partial charge on any atom is 0.232 e. The quantitative estimate of drug-likeness (QED) is 0.520. The summed E-state index contributed by atoms with van der Waals surface area (Å²) in [4.78, 5) is 45.4. The van der Waals surface area contributed by atoms with Gasteiger partial charge in [-0.15, -0.1) is 0 Å². The van der Waals surface area contributed by atoms with Crippen LogP contribution in [-0.2, 0) is 16.0 Å². The average molecular weight is 473 g/mol. The highest BCUT2D eigenvalue weighted by Crippen LogP contribution is 2.41. The van der Waals surface area contributed by atoms with Gasteiger partial charge in [-0.05, 0) is 11.6 Å². The molecule has 0 aliphatic heterocycles. The number of aldehydes is 1. The summed E-state index contributed by atoms with van der Waals surface area (Å²) < 4.78 is 10.4. The molecule has 184 valence electrons. The molecule has 2 rings (SSSR count). The third-order valence-electron chi connectivity index (χ3n) is 4.95. The van der Waals surface area contributed by atoms with Crippen LogP contribution in [0.2, 0.25) is 0 Å². The number of nitrogens with one attached hydrogen (secondary N) is 2. The molecule has 34 heavy (non-hydrogen) atoms. The zero-order valence-electron chi connectivity index (χ0n) is 20.8. The van der Waals surface area contributed by atoms with Crippen molar-refractivity contribution in [3.8, 4) is 17.2 Å². The molecule has 10 heteroatoms. The van der Waals surface area contributed by atoms with Gasteiger partial charge < -0.3 is 19.9 Å². The monoisotopic (exact) mass is 472 g/mol. The molecule has 10 nitrogen and oxygen atoms in total. The van der Waals surface area contributed by atoms with Crippen LogP contribution in [0, 0.1) is 10.8 Å². The number of carbonyl (C=O) groups excluding carboxylic acids is 3. The first kappa shape index (κ1) is 26.6. The third kappa shape index (κ3) is 6.00. The van der Waals surface area contributed by atoms with Gasteiger partial charge in [0.25, 0.3) is 0 Å². The van der Waals surface area contributed by atoms with E-state index in [2.05, 4.69) is 20.6 Å². The first-order valence-electron chi connectivity index (χ1n) is 10.6. The van der Waals surface area contributed by atoms with Gasteiger partial charge in [0.05, 0.1) is 19.8 Å². The van der Waals surface area contributed by atoms with Crippen molar-refractivity contribution in [1.82, 2.24) is 9.97 Å². The molecule has 2 amide bonds. The highest BCUT2D eigenvalue weighted by molar-refractivity contribution is 5.96. The van der Waals surface area contributed by atoms with Gasteiger partial charge in [0.15, 0.2) is 17.8 Å². The number of nitrogens with zero attached hydrogens (tertiary/aromatic N) is 2. The van der Waals surface area contributed by atoms with Crippen molar-refractivity contribution in [1.29, 1.82) is 0 Å². The molecular weight excluding hydrogens is 440 g/mol. The van der Waals surface area contributed by atoms with Crippen molar-refractivity contribution in [3.63, 3.8) is 0 Å². The molecule has 0 saturated carbocycles. The van der Waals surface area contributed by atoms with E-state index >= 15 is 0 Å². The van der Waals surface area contributed by atoms with Gasteiger partial charge in [-0.2, -0.15) is 4.98 Å². The summed E-state index contributed by atoms with van der Waals surface area (Å²) in [5.74, 6) is -0.485. The number of rotatable bonds is 7. The van der Waals surface area contributed by atoms with Crippen LogP contribution in [0.5, 0.6) is 17.2 Å². The fourth-order valence-corrected chi connectivity index (χ4v) is 2.81. The molecule has 0 bridgehead atoms. The van der Waals surface area contributed by atoms with Gasteiger partial charge >= 0.3 is 0 Å². The zero-order chi connectivity index (χ0) is 25.8. The molecule has 1 aromatic carbocycles. The second-order valence-corrected chi connectivity index (χ2v) is 9.80. The Hall–Kier alpha value is -3.69. The molecular formula is C24H32N4O6. The summed E-state index contributed by atoms with van der Waals surface area (Å²) in [5.41, 5.74) is -0.511. The number of hydrogen-bond donors (Lipinski definition) is 3. The minimum absolute atomic E-state index is 0.0101. The highest BCUT2D eigenvalue weighted by Gasteiger charge is 2.26. The largest absolute Gasteiger partial charge is 0.504 e. The van der Waals surface area contributed by atoms with E-state index in [0.29, 0.717) is 17.4 Å². The smallest absolute Gasteiger partial charge is 0.232 e. The second-order valence-electron chi connectivity index (χ2n) is 9.80. The molecule has 1 aromatic heterocycles. The topological polar surface area (TPSA) is 140 Å². The molecule has 0 radical (unpaired) electrons. The predicted molar refractivity (Wildman–Crippen MR) is 128 cm³/mol. The minimum Gasteiger partial charge on any atom is -0.504 e. The average Bonchev–Trinajstić information content (AvgIpc) is 2.73. The summed E-state index contributed by atoms with van der Waals surface area (Å²) in [6, 6.07) is 1.56. The number of amides is 2. The zero-order valence-corrected chi connectivity index (χ0v) is 20.8. The van der Waals surface area contributed by atoms with E-state index in [4.69, 9.17) is 9.47 Å². The summed E-state index contributed by atoms with van der Waals surface area (Å²) in [6.07, 6.45) is 2.04. The van der Waals surface area contributed by atoms with Crippen LogP contribution in [0.15, 0.2) is 12.3 Å². The molecule has 0 spiro atoms. The third-order valence-corrected chi connectivity index (χ3v) is 4.95. The van der Waals surface area contributed by atoms with E-state index in [1.54, 1.807) is 47.6 Å². The summed E-state index contributed by atoms with van der Waals surface area (Å²) in [7, 11) is 2.76. The van der Waals surface area contributed by atoms with Crippen molar-refractivity contribution in [3.05, 3.63) is 29.0 Å². The van der Waals surface area contributed by atoms with Crippen LogP contribution >= 0.6 is 0 Å². The number of phenolic OH excluding ortho intramolecular Hbond substituents is 1. The fourth-order valence-electron chi connectivity index (χ4n) is 2.81. The van der Waals surface area contributed by atoms with Crippen molar-refractivity contribution in [2.24, 2.45) is 10.8 Å². The lowest BCUT2D eigenvalue weighted by atomic mass is 9.95. The first-order chi connectivity index (χ1) is 15.7. The molecule has 0 saturated heterocycles. The van der Waals surface area contributed by atoms with Crippen LogP contribution in [0.25, 0.3) is 0 Å². The molecule has 3 N–H and O–H groups in total. The molecule has 0 atom stereocenters. The highest BCUT2D eigenvalue weighted by atomic mass is 16.5. The van der Waals surface area contributed by atoms with E-state index in [9.17, 15) is 19.5 Å². The lowest BCUT2D eigenvalue weighted by Crippen LogP contribution is -2.30.